The molecule has 0 atom stereocenters. The first kappa shape index (κ1) is 8.38. The van der Waals surface area contributed by atoms with Crippen LogP contribution in [-0.2, 0) is 0 Å². The summed E-state index contributed by atoms with van der Waals surface area (Å²) in [6, 6.07) is 5.82. The second kappa shape index (κ2) is 3.26. The summed E-state index contributed by atoms with van der Waals surface area (Å²) in [5.74, 6) is -0.439. The third-order valence-electron chi connectivity index (χ3n) is 1.75. The quantitative estimate of drug-likeness (QED) is 0.677. The Labute approximate surface area is 79.2 Å². The number of hydrogen-bond donors (Lipinski definition) is 0. The van der Waals surface area contributed by atoms with Crippen LogP contribution < -0.4 is 0 Å². The SMILES string of the molecule is N#Cc1cc(F)ccc1-n1ccnn1. The monoisotopic (exact) mass is 188 g/mol. The summed E-state index contributed by atoms with van der Waals surface area (Å²) in [5, 5.41) is 16.1. The highest BCUT2D eigenvalue weighted by Crippen LogP contribution is 2.13. The van der Waals surface area contributed by atoms with E-state index in [0.717, 1.165) is 6.07 Å². The molecule has 0 spiro atoms. The zero-order valence-electron chi connectivity index (χ0n) is 7.05. The van der Waals surface area contributed by atoms with Gasteiger partial charge in [0.05, 0.1) is 23.6 Å². The molecular formula is C9H5FN4. The van der Waals surface area contributed by atoms with Gasteiger partial charge in [0.2, 0.25) is 0 Å². The van der Waals surface area contributed by atoms with Crippen LogP contribution in [0.4, 0.5) is 4.39 Å². The van der Waals surface area contributed by atoms with Crippen molar-refractivity contribution in [2.45, 2.75) is 0 Å². The molecule has 68 valence electrons. The van der Waals surface area contributed by atoms with Crippen LogP contribution in [0, 0.1) is 17.1 Å². The van der Waals surface area contributed by atoms with Gasteiger partial charge in [-0.2, -0.15) is 5.26 Å². The lowest BCUT2D eigenvalue weighted by Crippen LogP contribution is -1.98. The smallest absolute Gasteiger partial charge is 0.124 e. The highest BCUT2D eigenvalue weighted by atomic mass is 19.1. The highest BCUT2D eigenvalue weighted by Gasteiger charge is 2.05. The van der Waals surface area contributed by atoms with Gasteiger partial charge in [-0.3, -0.25) is 0 Å². The maximum absolute atomic E-state index is 12.8. The van der Waals surface area contributed by atoms with Crippen LogP contribution in [0.25, 0.3) is 5.69 Å². The molecule has 2 rings (SSSR count). The summed E-state index contributed by atoms with van der Waals surface area (Å²) in [6.07, 6.45) is 3.08. The molecule has 1 aromatic carbocycles. The first-order valence-corrected chi connectivity index (χ1v) is 3.87. The van der Waals surface area contributed by atoms with Crippen molar-refractivity contribution in [2.75, 3.05) is 0 Å². The number of nitriles is 1. The van der Waals surface area contributed by atoms with Crippen LogP contribution in [0.2, 0.25) is 0 Å². The van der Waals surface area contributed by atoms with Gasteiger partial charge in [0.15, 0.2) is 0 Å². The molecule has 1 aromatic heterocycles. The van der Waals surface area contributed by atoms with Gasteiger partial charge in [-0.15, -0.1) is 5.10 Å². The van der Waals surface area contributed by atoms with Crippen LogP contribution >= 0.6 is 0 Å². The van der Waals surface area contributed by atoms with E-state index >= 15 is 0 Å². The minimum Gasteiger partial charge on any atom is -0.219 e. The lowest BCUT2D eigenvalue weighted by molar-refractivity contribution is 0.626. The van der Waals surface area contributed by atoms with Gasteiger partial charge >= 0.3 is 0 Å². The Hall–Kier alpha value is -2.22. The standard InChI is InChI=1S/C9H5FN4/c10-8-1-2-9(7(5-8)6-11)14-4-3-12-13-14/h1-5H. The largest absolute Gasteiger partial charge is 0.219 e. The van der Waals surface area contributed by atoms with Crippen molar-refractivity contribution < 1.29 is 4.39 Å². The maximum atomic E-state index is 12.8. The minimum atomic E-state index is -0.439. The van der Waals surface area contributed by atoms with E-state index in [1.165, 1.54) is 23.0 Å². The van der Waals surface area contributed by atoms with E-state index in [0.29, 0.717) is 5.69 Å². The van der Waals surface area contributed by atoms with Crippen LogP contribution in [-0.4, -0.2) is 15.0 Å². The van der Waals surface area contributed by atoms with Crippen molar-refractivity contribution >= 4 is 0 Å². The second-order valence-corrected chi connectivity index (χ2v) is 2.62. The van der Waals surface area contributed by atoms with Gasteiger partial charge in [-0.05, 0) is 18.2 Å². The van der Waals surface area contributed by atoms with Crippen LogP contribution in [0.15, 0.2) is 30.6 Å². The lowest BCUT2D eigenvalue weighted by Gasteiger charge is -2.01. The third kappa shape index (κ3) is 1.33. The first-order valence-electron chi connectivity index (χ1n) is 3.87. The zero-order chi connectivity index (χ0) is 9.97. The molecule has 0 aliphatic rings. The van der Waals surface area contributed by atoms with Gasteiger partial charge in [0.25, 0.3) is 0 Å². The predicted octanol–water partition coefficient (Wildman–Crippen LogP) is 1.28. The second-order valence-electron chi connectivity index (χ2n) is 2.62. The number of aromatic nitrogens is 3. The summed E-state index contributed by atoms with van der Waals surface area (Å²) in [6.45, 7) is 0. The number of benzene rings is 1. The van der Waals surface area contributed by atoms with E-state index < -0.39 is 5.82 Å². The lowest BCUT2D eigenvalue weighted by atomic mass is 10.2. The molecular weight excluding hydrogens is 183 g/mol. The molecule has 5 heteroatoms. The number of nitrogens with zero attached hydrogens (tertiary/aromatic N) is 4. The van der Waals surface area contributed by atoms with Crippen molar-refractivity contribution in [3.05, 3.63) is 42.0 Å². The van der Waals surface area contributed by atoms with Gasteiger partial charge in [-0.25, -0.2) is 9.07 Å². The first-order chi connectivity index (χ1) is 6.81. The van der Waals surface area contributed by atoms with Gasteiger partial charge in [0, 0.05) is 0 Å². The Balaban J connectivity index is 2.60. The molecule has 14 heavy (non-hydrogen) atoms. The summed E-state index contributed by atoms with van der Waals surface area (Å²) < 4.78 is 14.2. The summed E-state index contributed by atoms with van der Waals surface area (Å²) >= 11 is 0. The van der Waals surface area contributed by atoms with Crippen LogP contribution in [0.5, 0.6) is 0 Å². The van der Waals surface area contributed by atoms with Gasteiger partial charge < -0.3 is 0 Å². The summed E-state index contributed by atoms with van der Waals surface area (Å²) in [7, 11) is 0. The molecule has 0 aliphatic heterocycles. The van der Waals surface area contributed by atoms with Crippen LogP contribution in [0.1, 0.15) is 5.56 Å². The number of rotatable bonds is 1. The Morgan fingerprint density at radius 3 is 2.93 bits per heavy atom. The summed E-state index contributed by atoms with van der Waals surface area (Å²) in [4.78, 5) is 0. The van der Waals surface area contributed by atoms with Gasteiger partial charge in [0.1, 0.15) is 11.9 Å². The van der Waals surface area contributed by atoms with E-state index in [2.05, 4.69) is 10.3 Å². The minimum absolute atomic E-state index is 0.232. The molecule has 0 bridgehead atoms. The molecule has 4 nitrogen and oxygen atoms in total. The van der Waals surface area contributed by atoms with E-state index in [1.54, 1.807) is 6.20 Å². The molecule has 0 N–H and O–H groups in total. The zero-order valence-corrected chi connectivity index (χ0v) is 7.05. The Morgan fingerprint density at radius 1 is 1.43 bits per heavy atom. The molecule has 0 radical (unpaired) electrons. The highest BCUT2D eigenvalue weighted by molar-refractivity contribution is 5.48. The normalized spacial score (nSPS) is 9.71. The molecule has 0 amide bonds. The Bertz CT molecular complexity index is 484. The fourth-order valence-electron chi connectivity index (χ4n) is 1.13. The van der Waals surface area contributed by atoms with E-state index in [-0.39, 0.29) is 5.56 Å². The third-order valence-corrected chi connectivity index (χ3v) is 1.75. The summed E-state index contributed by atoms with van der Waals surface area (Å²) in [5.41, 5.74) is 0.752. The predicted molar refractivity (Wildman–Crippen MR) is 46.0 cm³/mol. The van der Waals surface area contributed by atoms with E-state index in [1.807, 2.05) is 6.07 Å². The van der Waals surface area contributed by atoms with Gasteiger partial charge in [-0.1, -0.05) is 5.21 Å². The van der Waals surface area contributed by atoms with Crippen molar-refractivity contribution in [2.24, 2.45) is 0 Å². The Morgan fingerprint density at radius 2 is 2.29 bits per heavy atom. The van der Waals surface area contributed by atoms with Crippen molar-refractivity contribution in [3.8, 4) is 11.8 Å². The van der Waals surface area contributed by atoms with Crippen LogP contribution in [0.3, 0.4) is 0 Å². The Kier molecular flexibility index (Phi) is 1.95. The maximum Gasteiger partial charge on any atom is 0.124 e. The molecule has 0 aliphatic carbocycles. The number of halogens is 1. The number of hydrogen-bond acceptors (Lipinski definition) is 3. The topological polar surface area (TPSA) is 54.5 Å². The van der Waals surface area contributed by atoms with Crippen molar-refractivity contribution in [1.82, 2.24) is 15.0 Å². The molecule has 0 saturated carbocycles. The molecule has 0 fully saturated rings. The van der Waals surface area contributed by atoms with E-state index in [9.17, 15) is 4.39 Å². The van der Waals surface area contributed by atoms with E-state index in [4.69, 9.17) is 5.26 Å². The fourth-order valence-corrected chi connectivity index (χ4v) is 1.13. The van der Waals surface area contributed by atoms with Crippen molar-refractivity contribution in [1.29, 1.82) is 5.26 Å². The molecule has 0 unspecified atom stereocenters. The molecule has 1 heterocycles. The fraction of sp³-hybridized carbons (Fsp3) is 0. The van der Waals surface area contributed by atoms with Crippen molar-refractivity contribution in [3.63, 3.8) is 0 Å². The average Bonchev–Trinajstić information content (AvgIpc) is 2.70. The average molecular weight is 188 g/mol. The molecule has 2 aromatic rings. The molecule has 0 saturated heterocycles.